The maximum atomic E-state index is 12.9. The van der Waals surface area contributed by atoms with Crippen LogP contribution in [0.15, 0.2) is 47.1 Å². The van der Waals surface area contributed by atoms with E-state index < -0.39 is 0 Å². The lowest BCUT2D eigenvalue weighted by molar-refractivity contribution is 0.101. The number of carbonyl (C=O) groups is 1. The fraction of sp³-hybridized carbons (Fsp3) is 0.188. The van der Waals surface area contributed by atoms with Crippen LogP contribution in [-0.4, -0.2) is 10.5 Å². The maximum absolute atomic E-state index is 12.9. The van der Waals surface area contributed by atoms with Gasteiger partial charge in [-0.25, -0.2) is 4.39 Å². The van der Waals surface area contributed by atoms with Gasteiger partial charge in [0, 0.05) is 24.4 Å². The summed E-state index contributed by atoms with van der Waals surface area (Å²) >= 11 is 0. The molecule has 0 spiro atoms. The number of amides is 1. The van der Waals surface area contributed by atoms with Crippen molar-refractivity contribution in [1.29, 1.82) is 0 Å². The second kappa shape index (κ2) is 5.44. The number of fused-ring (bicyclic) bond motifs is 1. The summed E-state index contributed by atoms with van der Waals surface area (Å²) in [5, 5.41) is 2.77. The number of nitrogens with zero attached hydrogens (tertiary/aromatic N) is 1. The summed E-state index contributed by atoms with van der Waals surface area (Å²) in [6.45, 7) is 2.78. The Morgan fingerprint density at radius 2 is 2.05 bits per heavy atom. The molecule has 3 rings (SSSR count). The Kier molecular flexibility index (Phi) is 3.48. The van der Waals surface area contributed by atoms with Crippen LogP contribution in [0.25, 0.3) is 11.1 Å². The molecule has 1 amide bonds. The molecule has 2 aromatic heterocycles. The van der Waals surface area contributed by atoms with E-state index in [-0.39, 0.29) is 11.7 Å². The number of aryl methyl sites for hydroxylation is 1. The van der Waals surface area contributed by atoms with Crippen molar-refractivity contribution < 1.29 is 13.6 Å². The van der Waals surface area contributed by atoms with Gasteiger partial charge in [-0.2, -0.15) is 0 Å². The predicted octanol–water partition coefficient (Wildman–Crippen LogP) is 4.04. The van der Waals surface area contributed by atoms with Crippen LogP contribution in [0.1, 0.15) is 23.8 Å². The van der Waals surface area contributed by atoms with Gasteiger partial charge in [0.15, 0.2) is 5.58 Å². The number of rotatable bonds is 4. The molecule has 1 aromatic carbocycles. The molecule has 0 aliphatic carbocycles. The lowest BCUT2D eigenvalue weighted by Crippen LogP contribution is -2.17. The minimum Gasteiger partial charge on any atom is -0.463 e. The number of hydrogen-bond donors (Lipinski definition) is 1. The maximum Gasteiger partial charge on any atom is 0.272 e. The van der Waals surface area contributed by atoms with Gasteiger partial charge in [0.1, 0.15) is 11.5 Å². The Morgan fingerprint density at radius 3 is 2.76 bits per heavy atom. The minimum atomic E-state index is -0.333. The van der Waals surface area contributed by atoms with Crippen LogP contribution >= 0.6 is 0 Å². The summed E-state index contributed by atoms with van der Waals surface area (Å²) in [7, 11) is 0. The highest BCUT2D eigenvalue weighted by atomic mass is 19.1. The third kappa shape index (κ3) is 2.54. The van der Waals surface area contributed by atoms with E-state index in [2.05, 4.69) is 5.32 Å². The second-order valence-corrected chi connectivity index (χ2v) is 4.81. The van der Waals surface area contributed by atoms with Crippen molar-refractivity contribution in [1.82, 2.24) is 4.57 Å². The molecule has 0 atom stereocenters. The molecule has 5 heteroatoms. The normalized spacial score (nSPS) is 11.0. The average Bonchev–Trinajstić information content (AvgIpc) is 3.04. The third-order valence-electron chi connectivity index (χ3n) is 3.30. The number of hydrogen-bond acceptors (Lipinski definition) is 2. The highest BCUT2D eigenvalue weighted by Gasteiger charge is 2.17. The van der Waals surface area contributed by atoms with E-state index in [1.54, 1.807) is 12.3 Å². The standard InChI is InChI=1S/C16H15FN2O2/c1-2-8-19-13-7-9-21-15(13)10-14(19)16(20)18-12-5-3-11(17)4-6-12/h3-7,9-10H,2,8H2,1H3,(H,18,20). The lowest BCUT2D eigenvalue weighted by atomic mass is 10.3. The molecule has 108 valence electrons. The van der Waals surface area contributed by atoms with Gasteiger partial charge in [-0.1, -0.05) is 6.92 Å². The first-order chi connectivity index (χ1) is 10.2. The van der Waals surface area contributed by atoms with E-state index in [0.29, 0.717) is 17.0 Å². The summed E-state index contributed by atoms with van der Waals surface area (Å²) < 4.78 is 20.2. The number of anilines is 1. The predicted molar refractivity (Wildman–Crippen MR) is 78.8 cm³/mol. The Balaban J connectivity index is 1.91. The molecule has 21 heavy (non-hydrogen) atoms. The zero-order valence-electron chi connectivity index (χ0n) is 11.6. The van der Waals surface area contributed by atoms with Crippen molar-refractivity contribution in [2.24, 2.45) is 0 Å². The fourth-order valence-electron chi connectivity index (χ4n) is 2.36. The molecule has 3 aromatic rings. The Bertz CT molecular complexity index is 771. The van der Waals surface area contributed by atoms with Crippen LogP contribution in [0.5, 0.6) is 0 Å². The molecular weight excluding hydrogens is 271 g/mol. The van der Waals surface area contributed by atoms with Crippen LogP contribution in [0.4, 0.5) is 10.1 Å². The summed E-state index contributed by atoms with van der Waals surface area (Å²) in [6.07, 6.45) is 2.52. The van der Waals surface area contributed by atoms with Crippen LogP contribution in [0.3, 0.4) is 0 Å². The fourth-order valence-corrected chi connectivity index (χ4v) is 2.36. The molecule has 0 radical (unpaired) electrons. The Labute approximate surface area is 121 Å². The molecule has 0 saturated heterocycles. The van der Waals surface area contributed by atoms with Gasteiger partial charge >= 0.3 is 0 Å². The second-order valence-electron chi connectivity index (χ2n) is 4.81. The van der Waals surface area contributed by atoms with Gasteiger partial charge in [-0.15, -0.1) is 0 Å². The van der Waals surface area contributed by atoms with E-state index in [1.165, 1.54) is 24.3 Å². The molecule has 4 nitrogen and oxygen atoms in total. The summed E-state index contributed by atoms with van der Waals surface area (Å²) in [6, 6.07) is 9.26. The number of benzene rings is 1. The summed E-state index contributed by atoms with van der Waals surface area (Å²) in [4.78, 5) is 12.4. The van der Waals surface area contributed by atoms with Gasteiger partial charge in [-0.05, 0) is 30.7 Å². The lowest BCUT2D eigenvalue weighted by Gasteiger charge is -2.09. The van der Waals surface area contributed by atoms with Gasteiger partial charge < -0.3 is 14.3 Å². The van der Waals surface area contributed by atoms with Crippen molar-refractivity contribution in [2.75, 3.05) is 5.32 Å². The van der Waals surface area contributed by atoms with Crippen molar-refractivity contribution in [3.8, 4) is 0 Å². The zero-order chi connectivity index (χ0) is 14.8. The SMILES string of the molecule is CCCn1c(C(=O)Nc2ccc(F)cc2)cc2occc21. The molecule has 0 fully saturated rings. The van der Waals surface area contributed by atoms with Crippen LogP contribution in [0, 0.1) is 5.82 Å². The van der Waals surface area contributed by atoms with Crippen LogP contribution in [-0.2, 0) is 6.54 Å². The van der Waals surface area contributed by atoms with Crippen molar-refractivity contribution in [3.63, 3.8) is 0 Å². The van der Waals surface area contributed by atoms with Crippen molar-refractivity contribution in [2.45, 2.75) is 19.9 Å². The summed E-state index contributed by atoms with van der Waals surface area (Å²) in [5.41, 5.74) is 2.69. The molecule has 0 unspecified atom stereocenters. The van der Waals surface area contributed by atoms with Gasteiger partial charge in [0.25, 0.3) is 5.91 Å². The summed E-state index contributed by atoms with van der Waals surface area (Å²) in [5.74, 6) is -0.568. The van der Waals surface area contributed by atoms with Crippen molar-refractivity contribution in [3.05, 3.63) is 54.2 Å². The van der Waals surface area contributed by atoms with E-state index in [0.717, 1.165) is 18.5 Å². The molecule has 0 bridgehead atoms. The molecule has 1 N–H and O–H groups in total. The van der Waals surface area contributed by atoms with Crippen molar-refractivity contribution >= 4 is 22.7 Å². The number of carbonyl (C=O) groups excluding carboxylic acids is 1. The first kappa shape index (κ1) is 13.4. The Hall–Kier alpha value is -2.56. The third-order valence-corrected chi connectivity index (χ3v) is 3.30. The van der Waals surface area contributed by atoms with Gasteiger partial charge in [0.05, 0.1) is 11.8 Å². The number of nitrogens with one attached hydrogen (secondary N) is 1. The first-order valence-corrected chi connectivity index (χ1v) is 6.82. The quantitative estimate of drug-likeness (QED) is 0.787. The smallest absolute Gasteiger partial charge is 0.272 e. The van der Waals surface area contributed by atoms with E-state index in [4.69, 9.17) is 4.42 Å². The highest BCUT2D eigenvalue weighted by Crippen LogP contribution is 2.22. The van der Waals surface area contributed by atoms with E-state index >= 15 is 0 Å². The largest absolute Gasteiger partial charge is 0.463 e. The average molecular weight is 286 g/mol. The van der Waals surface area contributed by atoms with Gasteiger partial charge in [0.2, 0.25) is 0 Å². The molecule has 0 aliphatic rings. The molecular formula is C16H15FN2O2. The van der Waals surface area contributed by atoms with E-state index in [1.807, 2.05) is 17.6 Å². The first-order valence-electron chi connectivity index (χ1n) is 6.82. The number of halogens is 1. The molecule has 2 heterocycles. The van der Waals surface area contributed by atoms with Crippen LogP contribution in [0.2, 0.25) is 0 Å². The topological polar surface area (TPSA) is 47.2 Å². The molecule has 0 saturated carbocycles. The number of furan rings is 1. The van der Waals surface area contributed by atoms with Crippen LogP contribution < -0.4 is 5.32 Å². The zero-order valence-corrected chi connectivity index (χ0v) is 11.6. The highest BCUT2D eigenvalue weighted by molar-refractivity contribution is 6.05. The van der Waals surface area contributed by atoms with E-state index in [9.17, 15) is 9.18 Å². The Morgan fingerprint density at radius 1 is 1.29 bits per heavy atom. The molecule has 0 aliphatic heterocycles. The van der Waals surface area contributed by atoms with Gasteiger partial charge in [-0.3, -0.25) is 4.79 Å². The monoisotopic (exact) mass is 286 g/mol. The minimum absolute atomic E-state index is 0.235. The number of aromatic nitrogens is 1.